The summed E-state index contributed by atoms with van der Waals surface area (Å²) in [7, 11) is 0. The topological polar surface area (TPSA) is 68.5 Å². The first-order valence-electron chi connectivity index (χ1n) is 7.77. The Balaban J connectivity index is 1.71. The van der Waals surface area contributed by atoms with Gasteiger partial charge >= 0.3 is 0 Å². The minimum absolute atomic E-state index is 0.504. The fourth-order valence-electron chi connectivity index (χ4n) is 2.88. The first-order valence-corrected chi connectivity index (χ1v) is 9.03. The number of hydrogen-bond donors (Lipinski definition) is 1. The quantitative estimate of drug-likeness (QED) is 0.699. The van der Waals surface area contributed by atoms with Gasteiger partial charge in [-0.1, -0.05) is 59.6 Å². The van der Waals surface area contributed by atoms with E-state index in [2.05, 4.69) is 4.98 Å². The van der Waals surface area contributed by atoms with Gasteiger partial charge in [0.25, 0.3) is 5.91 Å². The van der Waals surface area contributed by atoms with Gasteiger partial charge in [-0.05, 0) is 13.0 Å². The maximum absolute atomic E-state index is 12.2. The van der Waals surface area contributed by atoms with Crippen LogP contribution in [0, 0.1) is 6.92 Å². The molecule has 126 valence electrons. The van der Waals surface area contributed by atoms with Crippen molar-refractivity contribution in [3.8, 4) is 11.3 Å². The van der Waals surface area contributed by atoms with Gasteiger partial charge in [-0.25, -0.2) is 4.98 Å². The third-order valence-corrected chi connectivity index (χ3v) is 5.64. The van der Waals surface area contributed by atoms with Crippen LogP contribution in [0.25, 0.3) is 11.3 Å². The zero-order chi connectivity index (χ0) is 17.6. The average Bonchev–Trinajstić information content (AvgIpc) is 3.16. The van der Waals surface area contributed by atoms with E-state index in [1.165, 1.54) is 16.9 Å². The number of primary amides is 1. The van der Waals surface area contributed by atoms with Gasteiger partial charge in [-0.2, -0.15) is 0 Å². The number of nitrogens with zero attached hydrogens (tertiary/aromatic N) is 1. The number of aromatic nitrogens is 1. The van der Waals surface area contributed by atoms with E-state index in [9.17, 15) is 4.79 Å². The Kier molecular flexibility index (Phi) is 3.87. The summed E-state index contributed by atoms with van der Waals surface area (Å²) in [5.41, 5.74) is 8.14. The highest BCUT2D eigenvalue weighted by Gasteiger charge is 2.66. The Morgan fingerprint density at radius 3 is 2.64 bits per heavy atom. The van der Waals surface area contributed by atoms with Crippen LogP contribution in [0.4, 0.5) is 0 Å². The molecular formula is C19H15ClN2O2S. The molecule has 0 aliphatic carbocycles. The molecule has 2 unspecified atom stereocenters. The number of rotatable bonds is 4. The van der Waals surface area contributed by atoms with Crippen LogP contribution in [-0.2, 0) is 15.1 Å². The fraction of sp³-hybridized carbons (Fsp3) is 0.158. The van der Waals surface area contributed by atoms with Gasteiger partial charge in [0.15, 0.2) is 0 Å². The molecule has 4 rings (SSSR count). The minimum atomic E-state index is -1.24. The number of benzene rings is 2. The highest BCUT2D eigenvalue weighted by atomic mass is 35.5. The van der Waals surface area contributed by atoms with Crippen LogP contribution in [0.15, 0.2) is 53.9 Å². The molecule has 1 fully saturated rings. The number of epoxide rings is 1. The van der Waals surface area contributed by atoms with Crippen molar-refractivity contribution in [2.24, 2.45) is 5.73 Å². The lowest BCUT2D eigenvalue weighted by Gasteiger charge is -2.06. The van der Waals surface area contributed by atoms with Gasteiger partial charge in [0.05, 0.1) is 5.69 Å². The third kappa shape index (κ3) is 2.65. The highest BCUT2D eigenvalue weighted by Crippen LogP contribution is 2.58. The monoisotopic (exact) mass is 370 g/mol. The van der Waals surface area contributed by atoms with Crippen molar-refractivity contribution in [1.82, 2.24) is 4.98 Å². The van der Waals surface area contributed by atoms with Crippen molar-refractivity contribution in [3.05, 3.63) is 75.1 Å². The molecule has 4 nitrogen and oxygen atoms in total. The van der Waals surface area contributed by atoms with Crippen molar-refractivity contribution in [2.75, 3.05) is 0 Å². The molecule has 1 amide bonds. The predicted octanol–water partition coefficient (Wildman–Crippen LogP) is 4.22. The zero-order valence-corrected chi connectivity index (χ0v) is 15.0. The van der Waals surface area contributed by atoms with Crippen LogP contribution >= 0.6 is 22.9 Å². The molecule has 1 aliphatic heterocycles. The third-order valence-electron chi connectivity index (χ3n) is 4.34. The Hall–Kier alpha value is -2.21. The average molecular weight is 371 g/mol. The van der Waals surface area contributed by atoms with Crippen LogP contribution in [0.3, 0.4) is 0 Å². The van der Waals surface area contributed by atoms with Gasteiger partial charge < -0.3 is 10.5 Å². The number of nitrogens with two attached hydrogens (primary N) is 1. The molecule has 1 aromatic heterocycles. The number of halogens is 1. The Bertz CT molecular complexity index is 954. The molecule has 6 heteroatoms. The Morgan fingerprint density at radius 1 is 1.24 bits per heavy atom. The first-order chi connectivity index (χ1) is 12.0. The molecular weight excluding hydrogens is 356 g/mol. The van der Waals surface area contributed by atoms with Gasteiger partial charge in [0.2, 0.25) is 5.60 Å². The van der Waals surface area contributed by atoms with E-state index in [1.807, 2.05) is 54.8 Å². The molecule has 3 aromatic rings. The lowest BCUT2D eigenvalue weighted by molar-refractivity contribution is -0.123. The van der Waals surface area contributed by atoms with Gasteiger partial charge in [-0.3, -0.25) is 4.79 Å². The van der Waals surface area contributed by atoms with Crippen molar-refractivity contribution >= 4 is 28.8 Å². The van der Waals surface area contributed by atoms with E-state index in [-0.39, 0.29) is 0 Å². The standard InChI is InChI=1S/C19H15ClN2O2S/c1-11-6-8-12(9-7-11)15-10-25-18(22-15)19(17(21)23)16(24-19)13-4-2-3-5-14(13)20/h2-10,16H,1H3,(H2,21,23). The van der Waals surface area contributed by atoms with Crippen LogP contribution in [0.1, 0.15) is 22.2 Å². The van der Waals surface area contributed by atoms with E-state index < -0.39 is 17.6 Å². The molecule has 0 bridgehead atoms. The second-order valence-electron chi connectivity index (χ2n) is 6.02. The zero-order valence-electron chi connectivity index (χ0n) is 13.4. The van der Waals surface area contributed by atoms with Crippen LogP contribution in [0.5, 0.6) is 0 Å². The maximum Gasteiger partial charge on any atom is 0.260 e. The number of ether oxygens (including phenoxy) is 1. The van der Waals surface area contributed by atoms with E-state index in [0.717, 1.165) is 16.8 Å². The lowest BCUT2D eigenvalue weighted by Crippen LogP contribution is -2.30. The summed E-state index contributed by atoms with van der Waals surface area (Å²) in [5, 5.41) is 3.02. The van der Waals surface area contributed by atoms with Crippen molar-refractivity contribution < 1.29 is 9.53 Å². The number of carbonyl (C=O) groups is 1. The minimum Gasteiger partial charge on any atom is -0.367 e. The molecule has 0 spiro atoms. The van der Waals surface area contributed by atoms with Crippen molar-refractivity contribution in [1.29, 1.82) is 0 Å². The number of thiazole rings is 1. The van der Waals surface area contributed by atoms with Crippen molar-refractivity contribution in [3.63, 3.8) is 0 Å². The normalized spacial score (nSPS) is 21.9. The molecule has 1 aliphatic rings. The second-order valence-corrected chi connectivity index (χ2v) is 7.29. The molecule has 2 atom stereocenters. The number of carbonyl (C=O) groups excluding carboxylic acids is 1. The summed E-state index contributed by atoms with van der Waals surface area (Å²) in [6, 6.07) is 15.4. The van der Waals surface area contributed by atoms with E-state index in [1.54, 1.807) is 6.07 Å². The second kappa shape index (κ2) is 5.95. The smallest absolute Gasteiger partial charge is 0.260 e. The summed E-state index contributed by atoms with van der Waals surface area (Å²) in [5.74, 6) is -0.553. The molecule has 0 saturated carbocycles. The van der Waals surface area contributed by atoms with Gasteiger partial charge in [-0.15, -0.1) is 11.3 Å². The van der Waals surface area contributed by atoms with E-state index in [4.69, 9.17) is 22.1 Å². The number of aryl methyl sites for hydroxylation is 1. The molecule has 0 radical (unpaired) electrons. The van der Waals surface area contributed by atoms with Gasteiger partial charge in [0, 0.05) is 21.5 Å². The van der Waals surface area contributed by atoms with Crippen LogP contribution in [0.2, 0.25) is 5.02 Å². The largest absolute Gasteiger partial charge is 0.367 e. The van der Waals surface area contributed by atoms with Crippen molar-refractivity contribution in [2.45, 2.75) is 18.6 Å². The van der Waals surface area contributed by atoms with E-state index in [0.29, 0.717) is 10.0 Å². The first kappa shape index (κ1) is 16.3. The van der Waals surface area contributed by atoms with Gasteiger partial charge in [0.1, 0.15) is 11.1 Å². The summed E-state index contributed by atoms with van der Waals surface area (Å²) < 4.78 is 5.78. The lowest BCUT2D eigenvalue weighted by atomic mass is 9.99. The van der Waals surface area contributed by atoms with Crippen LogP contribution in [-0.4, -0.2) is 10.9 Å². The molecule has 2 N–H and O–H groups in total. The summed E-state index contributed by atoms with van der Waals surface area (Å²) in [6.07, 6.45) is -0.504. The molecule has 2 aromatic carbocycles. The summed E-state index contributed by atoms with van der Waals surface area (Å²) in [4.78, 5) is 16.8. The number of hydrogen-bond acceptors (Lipinski definition) is 4. The fourth-order valence-corrected chi connectivity index (χ4v) is 4.11. The maximum atomic E-state index is 12.2. The Morgan fingerprint density at radius 2 is 1.96 bits per heavy atom. The van der Waals surface area contributed by atoms with Crippen LogP contribution < -0.4 is 5.73 Å². The Labute approximate surface area is 154 Å². The molecule has 1 saturated heterocycles. The number of amides is 1. The molecule has 25 heavy (non-hydrogen) atoms. The SMILES string of the molecule is Cc1ccc(-c2csc(C3(C(N)=O)OC3c3ccccc3Cl)n2)cc1. The summed E-state index contributed by atoms with van der Waals surface area (Å²) in [6.45, 7) is 2.03. The predicted molar refractivity (Wildman–Crippen MR) is 98.4 cm³/mol. The molecule has 2 heterocycles. The highest BCUT2D eigenvalue weighted by molar-refractivity contribution is 7.10. The summed E-state index contributed by atoms with van der Waals surface area (Å²) >= 11 is 7.62. The van der Waals surface area contributed by atoms with E-state index >= 15 is 0 Å².